The number of carbonyl (C=O) groups is 1. The number of amidine groups is 1. The minimum atomic E-state index is -0.754. The first-order valence-electron chi connectivity index (χ1n) is 5.40. The molecule has 0 aromatic heterocycles. The SMILES string of the molecule is CCOCCN(C)C(=O)C1(C(N)=NO)CC1. The van der Waals surface area contributed by atoms with E-state index in [2.05, 4.69) is 5.16 Å². The van der Waals surface area contributed by atoms with Crippen molar-refractivity contribution in [2.24, 2.45) is 16.3 Å². The van der Waals surface area contributed by atoms with Gasteiger partial charge < -0.3 is 20.6 Å². The van der Waals surface area contributed by atoms with Crippen LogP contribution in [0.5, 0.6) is 0 Å². The Morgan fingerprint density at radius 3 is 2.69 bits per heavy atom. The zero-order valence-corrected chi connectivity index (χ0v) is 9.77. The molecule has 6 nitrogen and oxygen atoms in total. The smallest absolute Gasteiger partial charge is 0.236 e. The molecule has 0 atom stereocenters. The number of carbonyl (C=O) groups excluding carboxylic acids is 1. The van der Waals surface area contributed by atoms with E-state index in [1.165, 1.54) is 0 Å². The zero-order valence-electron chi connectivity index (χ0n) is 9.77. The van der Waals surface area contributed by atoms with Gasteiger partial charge in [-0.05, 0) is 19.8 Å². The summed E-state index contributed by atoms with van der Waals surface area (Å²) in [6.45, 7) is 3.56. The molecule has 0 radical (unpaired) electrons. The average molecular weight is 229 g/mol. The molecule has 0 unspecified atom stereocenters. The molecule has 92 valence electrons. The number of amides is 1. The molecule has 0 aromatic carbocycles. The molecular weight excluding hydrogens is 210 g/mol. The Bertz CT molecular complexity index is 287. The molecule has 0 saturated heterocycles. The molecule has 6 heteroatoms. The Labute approximate surface area is 95.0 Å². The number of hydrogen-bond donors (Lipinski definition) is 2. The third kappa shape index (κ3) is 2.44. The maximum absolute atomic E-state index is 12.0. The molecule has 0 bridgehead atoms. The topological polar surface area (TPSA) is 88.2 Å². The molecule has 1 aliphatic rings. The lowest BCUT2D eigenvalue weighted by atomic mass is 10.0. The van der Waals surface area contributed by atoms with Crippen LogP contribution in [0.3, 0.4) is 0 Å². The van der Waals surface area contributed by atoms with Gasteiger partial charge in [0.1, 0.15) is 5.41 Å². The Morgan fingerprint density at radius 2 is 2.25 bits per heavy atom. The van der Waals surface area contributed by atoms with Crippen molar-refractivity contribution in [3.63, 3.8) is 0 Å². The van der Waals surface area contributed by atoms with Crippen LogP contribution >= 0.6 is 0 Å². The molecule has 1 aliphatic carbocycles. The van der Waals surface area contributed by atoms with Crippen molar-refractivity contribution < 1.29 is 14.7 Å². The Kier molecular flexibility index (Phi) is 4.12. The number of ether oxygens (including phenoxy) is 1. The van der Waals surface area contributed by atoms with E-state index < -0.39 is 5.41 Å². The lowest BCUT2D eigenvalue weighted by molar-refractivity contribution is -0.133. The first-order valence-corrected chi connectivity index (χ1v) is 5.40. The Morgan fingerprint density at radius 1 is 1.62 bits per heavy atom. The number of likely N-dealkylation sites (N-methyl/N-ethyl adjacent to an activating group) is 1. The second-order valence-electron chi connectivity index (χ2n) is 3.99. The number of oxime groups is 1. The second-order valence-corrected chi connectivity index (χ2v) is 3.99. The number of hydrogen-bond acceptors (Lipinski definition) is 4. The van der Waals surface area contributed by atoms with E-state index in [9.17, 15) is 4.79 Å². The summed E-state index contributed by atoms with van der Waals surface area (Å²) < 4.78 is 5.17. The monoisotopic (exact) mass is 229 g/mol. The summed E-state index contributed by atoms with van der Waals surface area (Å²) in [7, 11) is 1.70. The van der Waals surface area contributed by atoms with Crippen LogP contribution in [0.1, 0.15) is 19.8 Å². The van der Waals surface area contributed by atoms with Crippen LogP contribution in [0.4, 0.5) is 0 Å². The van der Waals surface area contributed by atoms with Gasteiger partial charge in [0.15, 0.2) is 5.84 Å². The summed E-state index contributed by atoms with van der Waals surface area (Å²) in [5, 5.41) is 11.6. The van der Waals surface area contributed by atoms with Gasteiger partial charge in [0.2, 0.25) is 5.91 Å². The Hall–Kier alpha value is -1.30. The van der Waals surface area contributed by atoms with Gasteiger partial charge >= 0.3 is 0 Å². The summed E-state index contributed by atoms with van der Waals surface area (Å²) in [5.41, 5.74) is 4.77. The van der Waals surface area contributed by atoms with Gasteiger partial charge in [0.25, 0.3) is 0 Å². The van der Waals surface area contributed by atoms with Gasteiger partial charge in [0.05, 0.1) is 6.61 Å². The molecule has 1 saturated carbocycles. The molecule has 1 fully saturated rings. The highest BCUT2D eigenvalue weighted by molar-refractivity contribution is 6.09. The van der Waals surface area contributed by atoms with Crippen LogP contribution in [0.2, 0.25) is 0 Å². The normalized spacial score (nSPS) is 18.2. The fraction of sp³-hybridized carbons (Fsp3) is 0.800. The largest absolute Gasteiger partial charge is 0.409 e. The maximum atomic E-state index is 12.0. The van der Waals surface area contributed by atoms with Crippen LogP contribution < -0.4 is 5.73 Å². The zero-order chi connectivity index (χ0) is 12.2. The van der Waals surface area contributed by atoms with E-state index in [4.69, 9.17) is 15.7 Å². The summed E-state index contributed by atoms with van der Waals surface area (Å²) >= 11 is 0. The summed E-state index contributed by atoms with van der Waals surface area (Å²) in [5.74, 6) is -0.0803. The van der Waals surface area contributed by atoms with Crippen molar-refractivity contribution in [1.82, 2.24) is 4.90 Å². The second kappa shape index (κ2) is 5.16. The first kappa shape index (κ1) is 12.8. The highest BCUT2D eigenvalue weighted by Crippen LogP contribution is 2.47. The lowest BCUT2D eigenvalue weighted by Gasteiger charge is -2.22. The van der Waals surface area contributed by atoms with E-state index in [1.54, 1.807) is 11.9 Å². The Balaban J connectivity index is 2.51. The third-order valence-corrected chi connectivity index (χ3v) is 2.88. The molecular formula is C10H19N3O3. The number of nitrogens with two attached hydrogens (primary N) is 1. The molecule has 0 aliphatic heterocycles. The maximum Gasteiger partial charge on any atom is 0.236 e. The quantitative estimate of drug-likeness (QED) is 0.221. The predicted octanol–water partition coefficient (Wildman–Crippen LogP) is 0.00790. The van der Waals surface area contributed by atoms with Crippen molar-refractivity contribution in [2.45, 2.75) is 19.8 Å². The molecule has 3 N–H and O–H groups in total. The third-order valence-electron chi connectivity index (χ3n) is 2.88. The van der Waals surface area contributed by atoms with Gasteiger partial charge in [-0.2, -0.15) is 0 Å². The lowest BCUT2D eigenvalue weighted by Crippen LogP contribution is -2.42. The minimum absolute atomic E-state index is 0.0146. The minimum Gasteiger partial charge on any atom is -0.409 e. The van der Waals surface area contributed by atoms with Crippen LogP contribution in [0, 0.1) is 5.41 Å². The van der Waals surface area contributed by atoms with Crippen molar-refractivity contribution in [3.8, 4) is 0 Å². The van der Waals surface area contributed by atoms with E-state index in [-0.39, 0.29) is 11.7 Å². The van der Waals surface area contributed by atoms with Gasteiger partial charge in [-0.1, -0.05) is 5.16 Å². The predicted molar refractivity (Wildman–Crippen MR) is 59.2 cm³/mol. The summed E-state index contributed by atoms with van der Waals surface area (Å²) in [6.07, 6.45) is 1.31. The van der Waals surface area contributed by atoms with Gasteiger partial charge in [-0.3, -0.25) is 4.79 Å². The van der Waals surface area contributed by atoms with Gasteiger partial charge in [-0.15, -0.1) is 0 Å². The van der Waals surface area contributed by atoms with E-state index in [0.29, 0.717) is 32.6 Å². The highest BCUT2D eigenvalue weighted by atomic mass is 16.5. The van der Waals surface area contributed by atoms with E-state index in [1.807, 2.05) is 6.92 Å². The molecule has 1 rings (SSSR count). The molecule has 1 amide bonds. The van der Waals surface area contributed by atoms with Gasteiger partial charge in [-0.25, -0.2) is 0 Å². The molecule has 0 aromatic rings. The van der Waals surface area contributed by atoms with E-state index in [0.717, 1.165) is 0 Å². The van der Waals surface area contributed by atoms with Crippen molar-refractivity contribution in [1.29, 1.82) is 0 Å². The first-order chi connectivity index (χ1) is 7.58. The van der Waals surface area contributed by atoms with Gasteiger partial charge in [0, 0.05) is 20.2 Å². The average Bonchev–Trinajstić information content (AvgIpc) is 3.08. The van der Waals surface area contributed by atoms with E-state index >= 15 is 0 Å². The van der Waals surface area contributed by atoms with Crippen LogP contribution in [-0.4, -0.2) is 48.7 Å². The summed E-state index contributed by atoms with van der Waals surface area (Å²) in [6, 6.07) is 0. The molecule has 0 heterocycles. The fourth-order valence-electron chi connectivity index (χ4n) is 1.61. The van der Waals surface area contributed by atoms with Crippen LogP contribution in [0.15, 0.2) is 5.16 Å². The molecule has 16 heavy (non-hydrogen) atoms. The van der Waals surface area contributed by atoms with Crippen molar-refractivity contribution >= 4 is 11.7 Å². The number of nitrogens with zero attached hydrogens (tertiary/aromatic N) is 2. The van der Waals surface area contributed by atoms with Crippen LogP contribution in [-0.2, 0) is 9.53 Å². The molecule has 0 spiro atoms. The standard InChI is InChI=1S/C10H19N3O3/c1-3-16-7-6-13(2)9(14)10(4-5-10)8(11)12-15/h15H,3-7H2,1-2H3,(H2,11,12). The highest BCUT2D eigenvalue weighted by Gasteiger charge is 2.55. The van der Waals surface area contributed by atoms with Crippen molar-refractivity contribution in [3.05, 3.63) is 0 Å². The number of rotatable bonds is 6. The van der Waals surface area contributed by atoms with Crippen LogP contribution in [0.25, 0.3) is 0 Å². The fourth-order valence-corrected chi connectivity index (χ4v) is 1.61. The summed E-state index contributed by atoms with van der Waals surface area (Å²) in [4.78, 5) is 13.6. The van der Waals surface area contributed by atoms with Crippen molar-refractivity contribution in [2.75, 3.05) is 26.8 Å².